The van der Waals surface area contributed by atoms with Crippen molar-refractivity contribution in [1.29, 1.82) is 0 Å². The monoisotopic (exact) mass is 324 g/mol. The van der Waals surface area contributed by atoms with Gasteiger partial charge in [-0.2, -0.15) is 0 Å². The van der Waals surface area contributed by atoms with E-state index in [1.165, 1.54) is 0 Å². The maximum atomic E-state index is 11.9. The van der Waals surface area contributed by atoms with Crippen LogP contribution in [0.3, 0.4) is 0 Å². The lowest BCUT2D eigenvalue weighted by molar-refractivity contribution is -0.144. The number of hydrogen-bond donors (Lipinski definition) is 2. The van der Waals surface area contributed by atoms with E-state index in [1.807, 2.05) is 0 Å². The Kier molecular flexibility index (Phi) is 6.21. The minimum atomic E-state index is -0.597. The maximum absolute atomic E-state index is 11.9. The lowest BCUT2D eigenvalue weighted by Crippen LogP contribution is -2.22. The number of rotatable bonds is 6. The van der Waals surface area contributed by atoms with Crippen LogP contribution in [0.25, 0.3) is 0 Å². The van der Waals surface area contributed by atoms with E-state index in [2.05, 4.69) is 0 Å². The summed E-state index contributed by atoms with van der Waals surface area (Å²) >= 11 is 0. The Hall–Kier alpha value is -1.82. The van der Waals surface area contributed by atoms with Gasteiger partial charge in [-0.1, -0.05) is 19.3 Å². The highest BCUT2D eigenvalue weighted by Crippen LogP contribution is 2.40. The summed E-state index contributed by atoms with van der Waals surface area (Å²) in [5.74, 6) is -0.916. The largest absolute Gasteiger partial charge is 0.502 e. The standard InChI is InChI=1S/C17H24O6/c1-2-22-15(20)9-13(11-6-4-3-5-7-11)17-16(21)14(19)8-12(10-18)23-17/h8,11,13,18,21H,2-7,9-10H2,1H3. The molecule has 128 valence electrons. The fraction of sp³-hybridized carbons (Fsp3) is 0.647. The molecule has 0 aliphatic heterocycles. The molecule has 6 nitrogen and oxygen atoms in total. The molecule has 2 rings (SSSR count). The Morgan fingerprint density at radius 2 is 2.09 bits per heavy atom. The normalized spacial score (nSPS) is 17.0. The van der Waals surface area contributed by atoms with Crippen molar-refractivity contribution >= 4 is 5.97 Å². The van der Waals surface area contributed by atoms with Gasteiger partial charge in [0.15, 0.2) is 5.76 Å². The van der Waals surface area contributed by atoms with Crippen LogP contribution >= 0.6 is 0 Å². The second kappa shape index (κ2) is 8.15. The molecule has 6 heteroatoms. The second-order valence-electron chi connectivity index (χ2n) is 5.96. The predicted octanol–water partition coefficient (Wildman–Crippen LogP) is 2.45. The van der Waals surface area contributed by atoms with Crippen LogP contribution < -0.4 is 5.43 Å². The Morgan fingerprint density at radius 1 is 1.39 bits per heavy atom. The minimum Gasteiger partial charge on any atom is -0.502 e. The summed E-state index contributed by atoms with van der Waals surface area (Å²) in [4.78, 5) is 23.8. The molecule has 23 heavy (non-hydrogen) atoms. The first-order valence-electron chi connectivity index (χ1n) is 8.19. The summed E-state index contributed by atoms with van der Waals surface area (Å²) in [6.45, 7) is 1.58. The molecule has 1 unspecified atom stereocenters. The van der Waals surface area contributed by atoms with Crippen molar-refractivity contribution in [2.45, 2.75) is 58.0 Å². The van der Waals surface area contributed by atoms with Crippen molar-refractivity contribution in [1.82, 2.24) is 0 Å². The van der Waals surface area contributed by atoms with Crippen molar-refractivity contribution in [3.05, 3.63) is 27.8 Å². The number of aromatic hydroxyl groups is 1. The quantitative estimate of drug-likeness (QED) is 0.780. The molecule has 1 atom stereocenters. The lowest BCUT2D eigenvalue weighted by Gasteiger charge is -2.29. The van der Waals surface area contributed by atoms with Gasteiger partial charge in [-0.25, -0.2) is 0 Å². The van der Waals surface area contributed by atoms with Gasteiger partial charge in [0.1, 0.15) is 12.4 Å². The van der Waals surface area contributed by atoms with Gasteiger partial charge in [-0.15, -0.1) is 0 Å². The van der Waals surface area contributed by atoms with Gasteiger partial charge in [0.2, 0.25) is 11.2 Å². The maximum Gasteiger partial charge on any atom is 0.306 e. The van der Waals surface area contributed by atoms with Gasteiger partial charge < -0.3 is 19.4 Å². The summed E-state index contributed by atoms with van der Waals surface area (Å²) in [6.07, 6.45) is 5.13. The molecular formula is C17H24O6. The highest BCUT2D eigenvalue weighted by molar-refractivity contribution is 5.70. The van der Waals surface area contributed by atoms with Crippen LogP contribution in [0.2, 0.25) is 0 Å². The molecule has 0 aromatic carbocycles. The zero-order valence-corrected chi connectivity index (χ0v) is 13.4. The summed E-state index contributed by atoms with van der Waals surface area (Å²) in [6, 6.07) is 1.07. The Labute approximate surface area is 135 Å². The molecule has 0 amide bonds. The highest BCUT2D eigenvalue weighted by Gasteiger charge is 2.32. The molecule has 1 saturated carbocycles. The summed E-state index contributed by atoms with van der Waals surface area (Å²) in [5, 5.41) is 19.4. The Morgan fingerprint density at radius 3 is 2.70 bits per heavy atom. The second-order valence-corrected chi connectivity index (χ2v) is 5.96. The van der Waals surface area contributed by atoms with Crippen molar-refractivity contribution in [2.24, 2.45) is 5.92 Å². The van der Waals surface area contributed by atoms with Crippen molar-refractivity contribution in [3.63, 3.8) is 0 Å². The van der Waals surface area contributed by atoms with Gasteiger partial charge in [0, 0.05) is 12.0 Å². The first kappa shape index (κ1) is 17.5. The first-order valence-corrected chi connectivity index (χ1v) is 8.19. The number of hydrogen-bond acceptors (Lipinski definition) is 6. The minimum absolute atomic E-state index is 0.0594. The molecule has 1 heterocycles. The van der Waals surface area contributed by atoms with E-state index in [9.17, 15) is 19.8 Å². The first-order chi connectivity index (χ1) is 11.1. The molecule has 2 N–H and O–H groups in total. The van der Waals surface area contributed by atoms with E-state index in [4.69, 9.17) is 9.15 Å². The third-order valence-corrected chi connectivity index (χ3v) is 4.40. The van der Waals surface area contributed by atoms with E-state index in [-0.39, 0.29) is 36.4 Å². The van der Waals surface area contributed by atoms with Crippen LogP contribution in [0.5, 0.6) is 5.75 Å². The van der Waals surface area contributed by atoms with Crippen LogP contribution in [0.15, 0.2) is 15.3 Å². The number of esters is 1. The molecule has 1 aliphatic carbocycles. The topological polar surface area (TPSA) is 97.0 Å². The fourth-order valence-electron chi connectivity index (χ4n) is 3.29. The third kappa shape index (κ3) is 4.34. The molecule has 0 bridgehead atoms. The number of carbonyl (C=O) groups excluding carboxylic acids is 1. The average Bonchev–Trinajstić information content (AvgIpc) is 2.56. The fourth-order valence-corrected chi connectivity index (χ4v) is 3.29. The SMILES string of the molecule is CCOC(=O)CC(c1oc(CO)cc(=O)c1O)C1CCCCC1. The molecule has 1 aromatic rings. The lowest BCUT2D eigenvalue weighted by atomic mass is 9.77. The molecule has 0 spiro atoms. The van der Waals surface area contributed by atoms with Gasteiger partial charge in [0.05, 0.1) is 13.0 Å². The van der Waals surface area contributed by atoms with E-state index in [0.29, 0.717) is 0 Å². The number of ether oxygens (including phenoxy) is 1. The van der Waals surface area contributed by atoms with Crippen molar-refractivity contribution in [2.75, 3.05) is 6.61 Å². The van der Waals surface area contributed by atoms with Gasteiger partial charge in [0.25, 0.3) is 0 Å². The zero-order chi connectivity index (χ0) is 16.8. The number of aliphatic hydroxyl groups is 1. The third-order valence-electron chi connectivity index (χ3n) is 4.40. The van der Waals surface area contributed by atoms with Crippen molar-refractivity contribution in [3.8, 4) is 5.75 Å². The molecule has 1 aromatic heterocycles. The predicted molar refractivity (Wildman–Crippen MR) is 83.1 cm³/mol. The van der Waals surface area contributed by atoms with Crippen LogP contribution in [-0.4, -0.2) is 22.8 Å². The van der Waals surface area contributed by atoms with Crippen LogP contribution in [-0.2, 0) is 16.1 Å². The zero-order valence-electron chi connectivity index (χ0n) is 13.4. The van der Waals surface area contributed by atoms with E-state index >= 15 is 0 Å². The summed E-state index contributed by atoms with van der Waals surface area (Å²) < 4.78 is 10.5. The van der Waals surface area contributed by atoms with Crippen LogP contribution in [0.1, 0.15) is 62.9 Å². The van der Waals surface area contributed by atoms with E-state index < -0.39 is 23.7 Å². The summed E-state index contributed by atoms with van der Waals surface area (Å²) in [5.41, 5.74) is -0.597. The average molecular weight is 324 g/mol. The smallest absolute Gasteiger partial charge is 0.306 e. The molecule has 1 fully saturated rings. The number of aliphatic hydroxyl groups excluding tert-OH is 1. The molecule has 1 aliphatic rings. The molecule has 0 saturated heterocycles. The molecular weight excluding hydrogens is 300 g/mol. The van der Waals surface area contributed by atoms with Gasteiger partial charge in [-0.3, -0.25) is 9.59 Å². The van der Waals surface area contributed by atoms with E-state index in [1.54, 1.807) is 6.92 Å². The van der Waals surface area contributed by atoms with Gasteiger partial charge in [-0.05, 0) is 25.7 Å². The number of carbonyl (C=O) groups is 1. The summed E-state index contributed by atoms with van der Waals surface area (Å²) in [7, 11) is 0. The van der Waals surface area contributed by atoms with Gasteiger partial charge >= 0.3 is 5.97 Å². The molecule has 0 radical (unpaired) electrons. The van der Waals surface area contributed by atoms with Crippen LogP contribution in [0.4, 0.5) is 0 Å². The Bertz CT molecular complexity index is 585. The Balaban J connectivity index is 2.37. The van der Waals surface area contributed by atoms with Crippen LogP contribution in [0, 0.1) is 5.92 Å². The van der Waals surface area contributed by atoms with Crippen molar-refractivity contribution < 1.29 is 24.2 Å². The highest BCUT2D eigenvalue weighted by atomic mass is 16.5. The van der Waals surface area contributed by atoms with E-state index in [0.717, 1.165) is 38.2 Å².